The zero-order chi connectivity index (χ0) is 13.0. The normalized spacial score (nSPS) is 12.4. The second-order valence-electron chi connectivity index (χ2n) is 4.55. The first-order valence-electron chi connectivity index (χ1n) is 5.92. The van der Waals surface area contributed by atoms with Gasteiger partial charge in [0.1, 0.15) is 0 Å². The van der Waals surface area contributed by atoms with E-state index < -0.39 is 5.97 Å². The molecule has 2 heterocycles. The zero-order valence-electron chi connectivity index (χ0n) is 9.87. The summed E-state index contributed by atoms with van der Waals surface area (Å²) in [6.07, 6.45) is 3.93. The number of aromatic nitrogens is 3. The molecule has 0 saturated heterocycles. The standard InChI is InChI=1S/C14H9N3O2/c18-14(19)10-7-17-11-5-8-3-1-2-4-9(8)13(11)15-6-12(17)16-10/h1-4,6-7H,5H2,(H,18,19). The summed E-state index contributed by atoms with van der Waals surface area (Å²) in [5, 5.41) is 9.01. The monoisotopic (exact) mass is 251 g/mol. The van der Waals surface area contributed by atoms with Gasteiger partial charge < -0.3 is 5.11 Å². The van der Waals surface area contributed by atoms with Crippen LogP contribution in [0.1, 0.15) is 21.7 Å². The number of carbonyl (C=O) groups is 1. The number of imidazole rings is 1. The summed E-state index contributed by atoms with van der Waals surface area (Å²) < 4.78 is 1.83. The van der Waals surface area contributed by atoms with Crippen molar-refractivity contribution in [3.63, 3.8) is 0 Å². The first-order chi connectivity index (χ1) is 9.24. The van der Waals surface area contributed by atoms with Crippen molar-refractivity contribution in [1.29, 1.82) is 0 Å². The van der Waals surface area contributed by atoms with Crippen molar-refractivity contribution < 1.29 is 9.90 Å². The van der Waals surface area contributed by atoms with Crippen LogP contribution in [0.15, 0.2) is 36.7 Å². The molecule has 5 nitrogen and oxygen atoms in total. The molecule has 1 aliphatic rings. The highest BCUT2D eigenvalue weighted by Crippen LogP contribution is 2.34. The van der Waals surface area contributed by atoms with Gasteiger partial charge in [0.15, 0.2) is 11.3 Å². The Morgan fingerprint density at radius 3 is 3.00 bits per heavy atom. The molecule has 5 heteroatoms. The molecule has 0 bridgehead atoms. The molecule has 0 amide bonds. The highest BCUT2D eigenvalue weighted by atomic mass is 16.4. The predicted molar refractivity (Wildman–Crippen MR) is 68.2 cm³/mol. The Morgan fingerprint density at radius 2 is 2.16 bits per heavy atom. The molecular formula is C14H9N3O2. The maximum atomic E-state index is 11.0. The Labute approximate surface area is 108 Å². The van der Waals surface area contributed by atoms with Crippen LogP contribution in [0.2, 0.25) is 0 Å². The average Bonchev–Trinajstić information content (AvgIpc) is 2.99. The smallest absolute Gasteiger partial charge is 0.356 e. The number of rotatable bonds is 1. The molecule has 4 rings (SSSR count). The van der Waals surface area contributed by atoms with Gasteiger partial charge in [0, 0.05) is 18.2 Å². The van der Waals surface area contributed by atoms with E-state index in [1.807, 2.05) is 22.6 Å². The van der Waals surface area contributed by atoms with Crippen LogP contribution in [0.4, 0.5) is 0 Å². The molecule has 0 spiro atoms. The third kappa shape index (κ3) is 1.32. The van der Waals surface area contributed by atoms with Crippen molar-refractivity contribution in [2.24, 2.45) is 0 Å². The van der Waals surface area contributed by atoms with Gasteiger partial charge in [0.05, 0.1) is 17.6 Å². The number of hydrogen-bond donors (Lipinski definition) is 1. The summed E-state index contributed by atoms with van der Waals surface area (Å²) in [4.78, 5) is 19.5. The summed E-state index contributed by atoms with van der Waals surface area (Å²) >= 11 is 0. The Balaban J connectivity index is 2.02. The minimum Gasteiger partial charge on any atom is -0.476 e. The Hall–Kier alpha value is -2.69. The van der Waals surface area contributed by atoms with Gasteiger partial charge in [-0.1, -0.05) is 24.3 Å². The van der Waals surface area contributed by atoms with E-state index in [-0.39, 0.29) is 5.69 Å². The van der Waals surface area contributed by atoms with Crippen molar-refractivity contribution in [1.82, 2.24) is 14.4 Å². The van der Waals surface area contributed by atoms with Gasteiger partial charge in [0.2, 0.25) is 0 Å². The van der Waals surface area contributed by atoms with Crippen LogP contribution in [0.3, 0.4) is 0 Å². The maximum Gasteiger partial charge on any atom is 0.356 e. The molecule has 0 aliphatic heterocycles. The molecule has 0 atom stereocenters. The van der Waals surface area contributed by atoms with Gasteiger partial charge in [-0.2, -0.15) is 0 Å². The molecule has 0 radical (unpaired) electrons. The second-order valence-corrected chi connectivity index (χ2v) is 4.55. The quantitative estimate of drug-likeness (QED) is 0.562. The lowest BCUT2D eigenvalue weighted by molar-refractivity contribution is 0.0691. The van der Waals surface area contributed by atoms with Crippen LogP contribution < -0.4 is 0 Å². The van der Waals surface area contributed by atoms with Gasteiger partial charge in [-0.3, -0.25) is 9.38 Å². The predicted octanol–water partition coefficient (Wildman–Crippen LogP) is 2.00. The molecule has 92 valence electrons. The summed E-state index contributed by atoms with van der Waals surface area (Å²) in [5.41, 5.74) is 4.86. The van der Waals surface area contributed by atoms with Gasteiger partial charge in [-0.25, -0.2) is 9.78 Å². The average molecular weight is 251 g/mol. The number of hydrogen-bond acceptors (Lipinski definition) is 3. The van der Waals surface area contributed by atoms with Crippen LogP contribution in [0.5, 0.6) is 0 Å². The summed E-state index contributed by atoms with van der Waals surface area (Å²) in [6.45, 7) is 0. The minimum atomic E-state index is -1.02. The van der Waals surface area contributed by atoms with Crippen LogP contribution in [-0.4, -0.2) is 25.4 Å². The van der Waals surface area contributed by atoms with E-state index in [9.17, 15) is 4.79 Å². The highest BCUT2D eigenvalue weighted by Gasteiger charge is 2.23. The summed E-state index contributed by atoms with van der Waals surface area (Å²) in [5.74, 6) is -1.02. The third-order valence-corrected chi connectivity index (χ3v) is 3.46. The number of aromatic carboxylic acids is 1. The van der Waals surface area contributed by atoms with Gasteiger partial charge >= 0.3 is 5.97 Å². The lowest BCUT2D eigenvalue weighted by Gasteiger charge is -2.01. The van der Waals surface area contributed by atoms with E-state index in [0.29, 0.717) is 5.65 Å². The molecule has 0 unspecified atom stereocenters. The highest BCUT2D eigenvalue weighted by molar-refractivity contribution is 5.86. The fourth-order valence-electron chi connectivity index (χ4n) is 2.60. The largest absolute Gasteiger partial charge is 0.476 e. The second kappa shape index (κ2) is 3.41. The molecule has 2 aromatic heterocycles. The number of fused-ring (bicyclic) bond motifs is 5. The SMILES string of the molecule is O=C(O)c1cn2c3c(ncc2n1)-c1ccccc1C3. The first-order valence-corrected chi connectivity index (χ1v) is 5.92. The molecule has 19 heavy (non-hydrogen) atoms. The molecule has 0 fully saturated rings. The molecule has 1 N–H and O–H groups in total. The Bertz CT molecular complexity index is 836. The molecule has 1 aromatic carbocycles. The maximum absolute atomic E-state index is 11.0. The number of carboxylic acid groups (broad SMARTS) is 1. The van der Waals surface area contributed by atoms with E-state index >= 15 is 0 Å². The first kappa shape index (κ1) is 10.3. The van der Waals surface area contributed by atoms with Gasteiger partial charge in [0.25, 0.3) is 0 Å². The summed E-state index contributed by atoms with van der Waals surface area (Å²) in [7, 11) is 0. The Kier molecular flexibility index (Phi) is 1.84. The number of benzene rings is 1. The molecule has 0 saturated carbocycles. The van der Waals surface area contributed by atoms with Crippen molar-refractivity contribution in [3.05, 3.63) is 53.6 Å². The van der Waals surface area contributed by atoms with Crippen LogP contribution in [0, 0.1) is 0 Å². The van der Waals surface area contributed by atoms with Crippen molar-refractivity contribution >= 4 is 11.6 Å². The lowest BCUT2D eigenvalue weighted by atomic mass is 10.1. The van der Waals surface area contributed by atoms with Crippen LogP contribution in [0.25, 0.3) is 16.9 Å². The number of carboxylic acids is 1. The van der Waals surface area contributed by atoms with Gasteiger partial charge in [-0.05, 0) is 5.56 Å². The van der Waals surface area contributed by atoms with Crippen LogP contribution >= 0.6 is 0 Å². The van der Waals surface area contributed by atoms with Crippen molar-refractivity contribution in [2.45, 2.75) is 6.42 Å². The van der Waals surface area contributed by atoms with E-state index in [2.05, 4.69) is 16.0 Å². The lowest BCUT2D eigenvalue weighted by Crippen LogP contribution is -1.96. The topological polar surface area (TPSA) is 67.5 Å². The van der Waals surface area contributed by atoms with E-state index in [1.165, 1.54) is 5.56 Å². The van der Waals surface area contributed by atoms with E-state index in [4.69, 9.17) is 5.11 Å². The fourth-order valence-corrected chi connectivity index (χ4v) is 2.60. The Morgan fingerprint density at radius 1 is 1.32 bits per heavy atom. The summed E-state index contributed by atoms with van der Waals surface area (Å²) in [6, 6.07) is 8.09. The zero-order valence-corrected chi connectivity index (χ0v) is 9.87. The van der Waals surface area contributed by atoms with Crippen LogP contribution in [-0.2, 0) is 6.42 Å². The molecule has 1 aliphatic carbocycles. The molecular weight excluding hydrogens is 242 g/mol. The van der Waals surface area contributed by atoms with Crippen molar-refractivity contribution in [3.8, 4) is 11.3 Å². The number of nitrogens with zero attached hydrogens (tertiary/aromatic N) is 3. The minimum absolute atomic E-state index is 0.0474. The third-order valence-electron chi connectivity index (χ3n) is 3.46. The van der Waals surface area contributed by atoms with Gasteiger partial charge in [-0.15, -0.1) is 0 Å². The molecule has 3 aromatic rings. The van der Waals surface area contributed by atoms with E-state index in [0.717, 1.165) is 23.4 Å². The van der Waals surface area contributed by atoms with E-state index in [1.54, 1.807) is 12.4 Å². The fraction of sp³-hybridized carbons (Fsp3) is 0.0714. The van der Waals surface area contributed by atoms with Crippen molar-refractivity contribution in [2.75, 3.05) is 0 Å².